The molecule has 0 rings (SSSR count). The van der Waals surface area contributed by atoms with Crippen molar-refractivity contribution >= 4 is 23.7 Å². The summed E-state index contributed by atoms with van der Waals surface area (Å²) in [5.74, 6) is -2.01. The van der Waals surface area contributed by atoms with Crippen LogP contribution in [0.3, 0.4) is 0 Å². The summed E-state index contributed by atoms with van der Waals surface area (Å²) in [5, 5.41) is 0. The molecule has 0 saturated heterocycles. The topological polar surface area (TPSA) is 96.0 Å². The van der Waals surface area contributed by atoms with E-state index in [0.717, 1.165) is 0 Å². The number of Topliss-reactive ketones (excluding diaryl/α,β-unsaturated/α-hetero) is 1. The standard InChI is InChI=1S/C10H14O5.C5H8O2/c1-6(2)10(13)15-8(4)14-9(12)5-7(3)11;1-4(2)5(6)7-3/h8H,1,5H2,2-4H3;1H2,2-3H3. The van der Waals surface area contributed by atoms with Crippen LogP contribution in [0.4, 0.5) is 0 Å². The second-order valence-electron chi connectivity index (χ2n) is 4.39. The molecule has 0 saturated carbocycles. The minimum Gasteiger partial charge on any atom is -0.466 e. The van der Waals surface area contributed by atoms with Crippen LogP contribution in [0.2, 0.25) is 0 Å². The van der Waals surface area contributed by atoms with Gasteiger partial charge < -0.3 is 14.2 Å². The Morgan fingerprint density at radius 1 is 0.909 bits per heavy atom. The molecule has 0 aromatic heterocycles. The maximum atomic E-state index is 11.0. The highest BCUT2D eigenvalue weighted by Gasteiger charge is 2.15. The van der Waals surface area contributed by atoms with E-state index in [0.29, 0.717) is 5.57 Å². The van der Waals surface area contributed by atoms with Gasteiger partial charge in [-0.2, -0.15) is 0 Å². The Labute approximate surface area is 129 Å². The number of rotatable bonds is 6. The summed E-state index contributed by atoms with van der Waals surface area (Å²) in [7, 11) is 1.33. The van der Waals surface area contributed by atoms with Gasteiger partial charge in [-0.25, -0.2) is 9.59 Å². The molecule has 0 heterocycles. The fourth-order valence-corrected chi connectivity index (χ4v) is 0.880. The number of methoxy groups -OCH3 is 1. The monoisotopic (exact) mass is 314 g/mol. The molecule has 0 spiro atoms. The molecule has 22 heavy (non-hydrogen) atoms. The molecule has 0 N–H and O–H groups in total. The molecular formula is C15H22O7. The molecule has 0 aliphatic rings. The van der Waals surface area contributed by atoms with Gasteiger partial charge in [-0.1, -0.05) is 13.2 Å². The zero-order chi connectivity index (χ0) is 17.9. The summed E-state index contributed by atoms with van der Waals surface area (Å²) < 4.78 is 13.6. The predicted octanol–water partition coefficient (Wildman–Crippen LogP) is 1.71. The lowest BCUT2D eigenvalue weighted by Crippen LogP contribution is -2.22. The zero-order valence-electron chi connectivity index (χ0n) is 13.6. The maximum absolute atomic E-state index is 11.0. The number of esters is 3. The average Bonchev–Trinajstić information content (AvgIpc) is 2.36. The van der Waals surface area contributed by atoms with E-state index in [4.69, 9.17) is 0 Å². The lowest BCUT2D eigenvalue weighted by atomic mass is 10.3. The third kappa shape index (κ3) is 12.6. The number of hydrogen-bond acceptors (Lipinski definition) is 7. The summed E-state index contributed by atoms with van der Waals surface area (Å²) >= 11 is 0. The largest absolute Gasteiger partial charge is 0.466 e. The van der Waals surface area contributed by atoms with E-state index in [1.807, 2.05) is 0 Å². The molecule has 0 fully saturated rings. The lowest BCUT2D eigenvalue weighted by molar-refractivity contribution is -0.181. The van der Waals surface area contributed by atoms with Crippen molar-refractivity contribution in [3.8, 4) is 0 Å². The van der Waals surface area contributed by atoms with Gasteiger partial charge in [-0.3, -0.25) is 9.59 Å². The van der Waals surface area contributed by atoms with Crippen molar-refractivity contribution in [3.05, 3.63) is 24.3 Å². The van der Waals surface area contributed by atoms with Crippen LogP contribution in [0.5, 0.6) is 0 Å². The molecule has 0 aromatic carbocycles. The minimum absolute atomic E-state index is 0.212. The summed E-state index contributed by atoms with van der Waals surface area (Å²) in [6.45, 7) is 12.5. The number of carbonyl (C=O) groups is 4. The van der Waals surface area contributed by atoms with Gasteiger partial charge in [0, 0.05) is 18.1 Å². The van der Waals surface area contributed by atoms with Gasteiger partial charge in [0.1, 0.15) is 12.2 Å². The molecule has 0 aliphatic heterocycles. The second-order valence-corrected chi connectivity index (χ2v) is 4.39. The average molecular weight is 314 g/mol. The van der Waals surface area contributed by atoms with Crippen LogP contribution in [0.25, 0.3) is 0 Å². The van der Waals surface area contributed by atoms with Gasteiger partial charge in [0.2, 0.25) is 6.29 Å². The van der Waals surface area contributed by atoms with E-state index in [-0.39, 0.29) is 23.7 Å². The normalized spacial score (nSPS) is 10.2. The molecule has 124 valence electrons. The first-order valence-corrected chi connectivity index (χ1v) is 6.30. The molecule has 7 nitrogen and oxygen atoms in total. The van der Waals surface area contributed by atoms with Crippen LogP contribution in [-0.2, 0) is 33.4 Å². The number of carbonyl (C=O) groups excluding carboxylic acids is 4. The Morgan fingerprint density at radius 2 is 1.36 bits per heavy atom. The highest BCUT2D eigenvalue weighted by Crippen LogP contribution is 2.01. The van der Waals surface area contributed by atoms with Crippen molar-refractivity contribution in [2.45, 2.75) is 40.4 Å². The maximum Gasteiger partial charge on any atom is 0.336 e. The third-order valence-corrected chi connectivity index (χ3v) is 1.85. The molecule has 1 unspecified atom stereocenters. The van der Waals surface area contributed by atoms with Gasteiger partial charge in [0.15, 0.2) is 0 Å². The molecular weight excluding hydrogens is 292 g/mol. The Balaban J connectivity index is 0. The van der Waals surface area contributed by atoms with Gasteiger partial charge in [0.25, 0.3) is 0 Å². The molecule has 0 radical (unpaired) electrons. The van der Waals surface area contributed by atoms with E-state index >= 15 is 0 Å². The van der Waals surface area contributed by atoms with E-state index in [1.54, 1.807) is 6.92 Å². The van der Waals surface area contributed by atoms with Gasteiger partial charge in [0.05, 0.1) is 7.11 Å². The summed E-state index contributed by atoms with van der Waals surface area (Å²) in [5.41, 5.74) is 0.645. The molecule has 7 heteroatoms. The summed E-state index contributed by atoms with van der Waals surface area (Å²) in [4.78, 5) is 42.7. The second kappa shape index (κ2) is 11.2. The van der Waals surface area contributed by atoms with Crippen LogP contribution in [0, 0.1) is 0 Å². The van der Waals surface area contributed by atoms with Crippen LogP contribution in [0.1, 0.15) is 34.1 Å². The first-order chi connectivity index (χ1) is 10.0. The fraction of sp³-hybridized carbons (Fsp3) is 0.467. The van der Waals surface area contributed by atoms with Crippen molar-refractivity contribution in [2.75, 3.05) is 7.11 Å². The smallest absolute Gasteiger partial charge is 0.336 e. The molecule has 0 bridgehead atoms. The Hall–Kier alpha value is -2.44. The van der Waals surface area contributed by atoms with Crippen molar-refractivity contribution in [1.29, 1.82) is 0 Å². The van der Waals surface area contributed by atoms with E-state index < -0.39 is 18.2 Å². The molecule has 1 atom stereocenters. The quantitative estimate of drug-likeness (QED) is 0.319. The van der Waals surface area contributed by atoms with Crippen LogP contribution in [0.15, 0.2) is 24.3 Å². The highest BCUT2D eigenvalue weighted by molar-refractivity contribution is 5.94. The van der Waals surface area contributed by atoms with Gasteiger partial charge in [-0.05, 0) is 20.8 Å². The molecule has 0 aromatic rings. The summed E-state index contributed by atoms with van der Waals surface area (Å²) in [6, 6.07) is 0. The van der Waals surface area contributed by atoms with Crippen LogP contribution < -0.4 is 0 Å². The van der Waals surface area contributed by atoms with E-state index in [9.17, 15) is 19.2 Å². The van der Waals surface area contributed by atoms with Crippen LogP contribution >= 0.6 is 0 Å². The fourth-order valence-electron chi connectivity index (χ4n) is 0.880. The lowest BCUT2D eigenvalue weighted by Gasteiger charge is -2.13. The van der Waals surface area contributed by atoms with Crippen molar-refractivity contribution in [3.63, 3.8) is 0 Å². The summed E-state index contributed by atoms with van der Waals surface area (Å²) in [6.07, 6.45) is -1.34. The number of hydrogen-bond donors (Lipinski definition) is 0. The SMILES string of the molecule is C=C(C)C(=O)OC.C=C(C)C(=O)OC(C)OC(=O)CC(C)=O. The Kier molecular flexibility index (Phi) is 11.2. The zero-order valence-corrected chi connectivity index (χ0v) is 13.6. The van der Waals surface area contributed by atoms with Crippen molar-refractivity contribution < 1.29 is 33.4 Å². The van der Waals surface area contributed by atoms with E-state index in [1.165, 1.54) is 27.9 Å². The van der Waals surface area contributed by atoms with Crippen molar-refractivity contribution in [2.24, 2.45) is 0 Å². The van der Waals surface area contributed by atoms with Gasteiger partial charge >= 0.3 is 17.9 Å². The van der Waals surface area contributed by atoms with E-state index in [2.05, 4.69) is 27.4 Å². The minimum atomic E-state index is -1.01. The first kappa shape index (κ1) is 21.9. The molecule has 0 aliphatic carbocycles. The van der Waals surface area contributed by atoms with Gasteiger partial charge in [-0.15, -0.1) is 0 Å². The molecule has 0 amide bonds. The van der Waals surface area contributed by atoms with Crippen molar-refractivity contribution in [1.82, 2.24) is 0 Å². The van der Waals surface area contributed by atoms with Crippen LogP contribution in [-0.4, -0.2) is 37.1 Å². The number of ether oxygens (including phenoxy) is 3. The Morgan fingerprint density at radius 3 is 1.64 bits per heavy atom. The Bertz CT molecular complexity index is 463. The number of ketones is 1. The first-order valence-electron chi connectivity index (χ1n) is 6.30. The predicted molar refractivity (Wildman–Crippen MR) is 78.6 cm³/mol. The third-order valence-electron chi connectivity index (χ3n) is 1.85. The highest BCUT2D eigenvalue weighted by atomic mass is 16.7.